The lowest BCUT2D eigenvalue weighted by atomic mass is 10.1. The van der Waals surface area contributed by atoms with Crippen molar-refractivity contribution in [3.8, 4) is 0 Å². The van der Waals surface area contributed by atoms with Gasteiger partial charge in [-0.2, -0.15) is 4.98 Å². The van der Waals surface area contributed by atoms with Crippen molar-refractivity contribution in [2.45, 2.75) is 32.2 Å². The summed E-state index contributed by atoms with van der Waals surface area (Å²) in [6.07, 6.45) is 4.18. The van der Waals surface area contributed by atoms with Crippen molar-refractivity contribution in [1.29, 1.82) is 0 Å². The van der Waals surface area contributed by atoms with Crippen LogP contribution in [0.3, 0.4) is 0 Å². The third-order valence-corrected chi connectivity index (χ3v) is 4.77. The van der Waals surface area contributed by atoms with Gasteiger partial charge in [-0.15, -0.1) is 0 Å². The Hall–Kier alpha value is -3.41. The van der Waals surface area contributed by atoms with Crippen LogP contribution in [0.5, 0.6) is 0 Å². The first-order valence-electron chi connectivity index (χ1n) is 9.41. The first kappa shape index (κ1) is 18.0. The quantitative estimate of drug-likeness (QED) is 0.514. The van der Waals surface area contributed by atoms with Crippen LogP contribution < -0.4 is 5.32 Å². The van der Waals surface area contributed by atoms with Crippen molar-refractivity contribution in [2.75, 3.05) is 0 Å². The Balaban J connectivity index is 1.35. The Morgan fingerprint density at radius 1 is 1.14 bits per heavy atom. The molecular weight excluding hydrogens is 352 g/mol. The first-order chi connectivity index (χ1) is 13.7. The van der Waals surface area contributed by atoms with Gasteiger partial charge in [-0.05, 0) is 37.0 Å². The summed E-state index contributed by atoms with van der Waals surface area (Å²) in [5.41, 5.74) is 3.38. The minimum absolute atomic E-state index is 0.00130. The maximum Gasteiger partial charge on any atom is 0.315 e. The van der Waals surface area contributed by atoms with Crippen molar-refractivity contribution in [2.24, 2.45) is 0 Å². The fraction of sp³-hybridized carbons (Fsp3) is 0.227. The predicted molar refractivity (Wildman–Crippen MR) is 107 cm³/mol. The zero-order valence-electron chi connectivity index (χ0n) is 15.7. The van der Waals surface area contributed by atoms with Gasteiger partial charge in [0, 0.05) is 29.6 Å². The molecule has 2 heterocycles. The molecule has 6 nitrogen and oxygen atoms in total. The number of hydrogen-bond donors (Lipinski definition) is 2. The van der Waals surface area contributed by atoms with Crippen molar-refractivity contribution < 1.29 is 9.32 Å². The van der Waals surface area contributed by atoms with Crippen LogP contribution in [-0.4, -0.2) is 27.1 Å². The summed E-state index contributed by atoms with van der Waals surface area (Å²) in [5.74, 6) is 0.159. The topological polar surface area (TPSA) is 83.8 Å². The number of aromatic amines is 1. The number of carbonyl (C=O) groups is 1. The van der Waals surface area contributed by atoms with Gasteiger partial charge in [-0.3, -0.25) is 4.79 Å². The maximum absolute atomic E-state index is 12.4. The predicted octanol–water partition coefficient (Wildman–Crippen LogP) is 3.89. The molecule has 0 saturated heterocycles. The number of hydrogen-bond acceptors (Lipinski definition) is 4. The number of carbonyl (C=O) groups excluding carboxylic acids is 1. The molecule has 1 atom stereocenters. The minimum Gasteiger partial charge on any atom is -0.361 e. The van der Waals surface area contributed by atoms with E-state index < -0.39 is 0 Å². The van der Waals surface area contributed by atoms with E-state index in [0.717, 1.165) is 29.3 Å². The Labute approximate surface area is 163 Å². The molecule has 0 aliphatic rings. The second-order valence-electron chi connectivity index (χ2n) is 6.95. The van der Waals surface area contributed by atoms with Crippen molar-refractivity contribution in [1.82, 2.24) is 20.4 Å². The van der Waals surface area contributed by atoms with Gasteiger partial charge in [0.05, 0.1) is 0 Å². The summed E-state index contributed by atoms with van der Waals surface area (Å²) in [7, 11) is 0. The average Bonchev–Trinajstić information content (AvgIpc) is 3.35. The molecule has 1 amide bonds. The molecule has 0 unspecified atom stereocenters. The highest BCUT2D eigenvalue weighted by Gasteiger charge is 2.18. The molecule has 0 radical (unpaired) electrons. The van der Waals surface area contributed by atoms with E-state index in [-0.39, 0.29) is 17.8 Å². The molecule has 28 heavy (non-hydrogen) atoms. The van der Waals surface area contributed by atoms with Crippen molar-refractivity contribution in [3.63, 3.8) is 0 Å². The van der Waals surface area contributed by atoms with E-state index in [1.807, 2.05) is 55.6 Å². The van der Waals surface area contributed by atoms with Gasteiger partial charge in [0.25, 0.3) is 0 Å². The van der Waals surface area contributed by atoms with Crippen molar-refractivity contribution >= 4 is 16.8 Å². The zero-order chi connectivity index (χ0) is 19.3. The number of H-pyrrole nitrogens is 1. The molecule has 4 aromatic rings. The highest BCUT2D eigenvalue weighted by atomic mass is 16.5. The first-order valence-corrected chi connectivity index (χ1v) is 9.41. The van der Waals surface area contributed by atoms with Crippen LogP contribution in [0.2, 0.25) is 0 Å². The van der Waals surface area contributed by atoms with E-state index in [1.54, 1.807) is 0 Å². The number of nitrogens with one attached hydrogen (secondary N) is 2. The second-order valence-corrected chi connectivity index (χ2v) is 6.95. The molecule has 4 rings (SSSR count). The number of aromatic nitrogens is 3. The molecule has 2 aromatic heterocycles. The number of benzene rings is 2. The van der Waals surface area contributed by atoms with E-state index in [9.17, 15) is 4.79 Å². The number of nitrogens with zero attached hydrogens (tertiary/aromatic N) is 2. The third kappa shape index (κ3) is 4.11. The van der Waals surface area contributed by atoms with Crippen LogP contribution in [0.25, 0.3) is 10.9 Å². The molecule has 2 N–H and O–H groups in total. The highest BCUT2D eigenvalue weighted by molar-refractivity contribution is 5.89. The van der Waals surface area contributed by atoms with Crippen LogP contribution in [0, 0.1) is 0 Å². The molecular formula is C22H22N4O2. The van der Waals surface area contributed by atoms with Crippen LogP contribution in [0.4, 0.5) is 0 Å². The Kier molecular flexibility index (Phi) is 5.19. The van der Waals surface area contributed by atoms with E-state index >= 15 is 0 Å². The normalized spacial score (nSPS) is 12.2. The Bertz CT molecular complexity index is 1070. The average molecular weight is 374 g/mol. The fourth-order valence-corrected chi connectivity index (χ4v) is 3.25. The molecule has 142 valence electrons. The molecule has 6 heteroatoms. The molecule has 2 aromatic carbocycles. The lowest BCUT2D eigenvalue weighted by Crippen LogP contribution is -2.33. The van der Waals surface area contributed by atoms with Crippen molar-refractivity contribution in [3.05, 3.63) is 83.6 Å². The number of para-hydroxylation sites is 1. The highest BCUT2D eigenvalue weighted by Crippen LogP contribution is 2.19. The SMILES string of the molecule is C[C@@H](CCc1ccccc1)NC(=O)c1nc(Cc2c[nH]c3ccccc23)no1. The second kappa shape index (κ2) is 8.08. The van der Waals surface area contributed by atoms with Crippen LogP contribution >= 0.6 is 0 Å². The number of amides is 1. The lowest BCUT2D eigenvalue weighted by Gasteiger charge is -2.12. The van der Waals surface area contributed by atoms with Gasteiger partial charge in [-0.1, -0.05) is 53.7 Å². The third-order valence-electron chi connectivity index (χ3n) is 4.77. The zero-order valence-corrected chi connectivity index (χ0v) is 15.7. The molecule has 0 aliphatic heterocycles. The standard InChI is InChI=1S/C22H22N4O2/c1-15(11-12-16-7-3-2-4-8-16)24-21(27)22-25-20(26-28-22)13-17-14-23-19-10-6-5-9-18(17)19/h2-10,14-15,23H,11-13H2,1H3,(H,24,27)/t15-/m0/s1. The summed E-state index contributed by atoms with van der Waals surface area (Å²) in [6, 6.07) is 18.3. The van der Waals surface area contributed by atoms with Gasteiger partial charge in [0.15, 0.2) is 5.82 Å². The van der Waals surface area contributed by atoms with E-state index in [4.69, 9.17) is 4.52 Å². The van der Waals surface area contributed by atoms with Gasteiger partial charge < -0.3 is 14.8 Å². The van der Waals surface area contributed by atoms with Crippen LogP contribution in [0.1, 0.15) is 41.0 Å². The minimum atomic E-state index is -0.335. The molecule has 0 fully saturated rings. The lowest BCUT2D eigenvalue weighted by molar-refractivity contribution is 0.0894. The van der Waals surface area contributed by atoms with Gasteiger partial charge in [0.1, 0.15) is 0 Å². The van der Waals surface area contributed by atoms with Gasteiger partial charge >= 0.3 is 11.8 Å². The summed E-state index contributed by atoms with van der Waals surface area (Å²) in [6.45, 7) is 1.98. The molecule has 0 spiro atoms. The Morgan fingerprint density at radius 2 is 1.93 bits per heavy atom. The van der Waals surface area contributed by atoms with Gasteiger partial charge in [0.2, 0.25) is 0 Å². The monoisotopic (exact) mass is 374 g/mol. The maximum atomic E-state index is 12.4. The van der Waals surface area contributed by atoms with Gasteiger partial charge in [-0.25, -0.2) is 0 Å². The molecule has 0 saturated carbocycles. The van der Waals surface area contributed by atoms with Crippen LogP contribution in [0.15, 0.2) is 65.3 Å². The summed E-state index contributed by atoms with van der Waals surface area (Å²) >= 11 is 0. The number of aryl methyl sites for hydroxylation is 1. The van der Waals surface area contributed by atoms with E-state index in [1.165, 1.54) is 5.56 Å². The van der Waals surface area contributed by atoms with E-state index in [0.29, 0.717) is 12.2 Å². The van der Waals surface area contributed by atoms with E-state index in [2.05, 4.69) is 32.6 Å². The summed E-state index contributed by atoms with van der Waals surface area (Å²) in [4.78, 5) is 19.9. The smallest absolute Gasteiger partial charge is 0.315 e. The fourth-order valence-electron chi connectivity index (χ4n) is 3.25. The van der Waals surface area contributed by atoms with Crippen LogP contribution in [-0.2, 0) is 12.8 Å². The summed E-state index contributed by atoms with van der Waals surface area (Å²) < 4.78 is 5.17. The molecule has 0 bridgehead atoms. The number of rotatable bonds is 7. The summed E-state index contributed by atoms with van der Waals surface area (Å²) in [5, 5.41) is 8.00. The Morgan fingerprint density at radius 3 is 2.79 bits per heavy atom. The molecule has 0 aliphatic carbocycles. The largest absolute Gasteiger partial charge is 0.361 e. The number of fused-ring (bicyclic) bond motifs is 1.